The molecule has 0 radical (unpaired) electrons. The summed E-state index contributed by atoms with van der Waals surface area (Å²) < 4.78 is 10.6. The van der Waals surface area contributed by atoms with E-state index in [0.29, 0.717) is 11.1 Å². The highest BCUT2D eigenvalue weighted by Crippen LogP contribution is 2.61. The van der Waals surface area contributed by atoms with Crippen LogP contribution in [0.2, 0.25) is 0 Å². The maximum atomic E-state index is 13.3. The number of fused-ring (bicyclic) bond motifs is 3. The van der Waals surface area contributed by atoms with E-state index >= 15 is 0 Å². The van der Waals surface area contributed by atoms with Crippen LogP contribution in [0.25, 0.3) is 0 Å². The average Bonchev–Trinajstić information content (AvgIpc) is 2.67. The zero-order valence-electron chi connectivity index (χ0n) is 18.3. The Labute approximate surface area is 176 Å². The zero-order valence-corrected chi connectivity index (χ0v) is 18.3. The molecule has 0 bridgehead atoms. The number of methoxy groups -OCH3 is 1. The lowest BCUT2D eigenvalue weighted by Crippen LogP contribution is -2.63. The van der Waals surface area contributed by atoms with E-state index in [-0.39, 0.29) is 30.3 Å². The van der Waals surface area contributed by atoms with Crippen molar-refractivity contribution in [2.24, 2.45) is 11.3 Å². The van der Waals surface area contributed by atoms with Gasteiger partial charge in [-0.1, -0.05) is 19.9 Å². The van der Waals surface area contributed by atoms with Gasteiger partial charge in [0, 0.05) is 24.8 Å². The molecule has 0 saturated heterocycles. The van der Waals surface area contributed by atoms with Crippen molar-refractivity contribution < 1.29 is 34.1 Å². The third kappa shape index (κ3) is 3.02. The number of benzene rings is 1. The van der Waals surface area contributed by atoms with Gasteiger partial charge in [-0.15, -0.1) is 0 Å². The fourth-order valence-corrected chi connectivity index (χ4v) is 5.53. The summed E-state index contributed by atoms with van der Waals surface area (Å²) in [5.41, 5.74) is -1.10. The van der Waals surface area contributed by atoms with Gasteiger partial charge in [0.1, 0.15) is 23.7 Å². The number of aliphatic hydroxyl groups excluding tert-OH is 1. The predicted molar refractivity (Wildman–Crippen MR) is 108 cm³/mol. The first kappa shape index (κ1) is 22.3. The highest BCUT2D eigenvalue weighted by Gasteiger charge is 2.66. The van der Waals surface area contributed by atoms with Gasteiger partial charge in [-0.3, -0.25) is 14.4 Å². The molecular weight excluding hydrogens is 388 g/mol. The number of ether oxygens (including phenoxy) is 2. The number of rotatable bonds is 3. The van der Waals surface area contributed by atoms with Crippen LogP contribution in [0.4, 0.5) is 0 Å². The highest BCUT2D eigenvalue weighted by atomic mass is 16.6. The Kier molecular flexibility index (Phi) is 5.48. The topological polar surface area (TPSA) is 110 Å². The molecule has 1 fully saturated rings. The fourth-order valence-electron chi connectivity index (χ4n) is 5.53. The second kappa shape index (κ2) is 7.38. The molecule has 0 spiro atoms. The van der Waals surface area contributed by atoms with E-state index in [1.807, 2.05) is 13.8 Å². The number of ketones is 1. The molecule has 30 heavy (non-hydrogen) atoms. The lowest BCUT2D eigenvalue weighted by molar-refractivity contribution is -0.190. The number of esters is 2. The van der Waals surface area contributed by atoms with Crippen molar-refractivity contribution in [1.29, 1.82) is 0 Å². The Morgan fingerprint density at radius 1 is 1.23 bits per heavy atom. The normalized spacial score (nSPS) is 32.9. The molecule has 1 aromatic carbocycles. The highest BCUT2D eigenvalue weighted by molar-refractivity contribution is 5.95. The van der Waals surface area contributed by atoms with Crippen molar-refractivity contribution in [3.05, 3.63) is 28.8 Å². The van der Waals surface area contributed by atoms with Crippen LogP contribution >= 0.6 is 0 Å². The molecule has 0 unspecified atom stereocenters. The number of carbonyl (C=O) groups is 3. The summed E-state index contributed by atoms with van der Waals surface area (Å²) in [6.07, 6.45) is -2.15. The lowest BCUT2D eigenvalue weighted by atomic mass is 9.47. The average molecular weight is 418 g/mol. The summed E-state index contributed by atoms with van der Waals surface area (Å²) in [6.45, 7) is 8.45. The number of aromatic hydroxyl groups is 1. The van der Waals surface area contributed by atoms with Gasteiger partial charge >= 0.3 is 11.9 Å². The maximum absolute atomic E-state index is 13.3. The quantitative estimate of drug-likeness (QED) is 0.726. The van der Waals surface area contributed by atoms with Crippen LogP contribution in [0.5, 0.6) is 5.75 Å². The molecule has 2 N–H and O–H groups in total. The number of carbonyl (C=O) groups excluding carboxylic acids is 3. The molecule has 0 aromatic heterocycles. The fraction of sp³-hybridized carbons (Fsp3) is 0.609. The van der Waals surface area contributed by atoms with Gasteiger partial charge in [-0.25, -0.2) is 0 Å². The summed E-state index contributed by atoms with van der Waals surface area (Å²) in [6, 6.07) is 3.35. The predicted octanol–water partition coefficient (Wildman–Crippen LogP) is 2.91. The van der Waals surface area contributed by atoms with E-state index in [0.717, 1.165) is 5.56 Å². The van der Waals surface area contributed by atoms with Gasteiger partial charge in [0.25, 0.3) is 0 Å². The summed E-state index contributed by atoms with van der Waals surface area (Å²) in [5.74, 6) is -2.29. The molecule has 0 amide bonds. The Hall–Kier alpha value is -2.41. The van der Waals surface area contributed by atoms with E-state index in [1.54, 1.807) is 26.0 Å². The van der Waals surface area contributed by atoms with Crippen molar-refractivity contribution in [2.75, 3.05) is 7.11 Å². The largest absolute Gasteiger partial charge is 0.508 e. The van der Waals surface area contributed by atoms with E-state index in [4.69, 9.17) is 9.47 Å². The van der Waals surface area contributed by atoms with Crippen molar-refractivity contribution >= 4 is 17.7 Å². The van der Waals surface area contributed by atoms with Gasteiger partial charge in [0.05, 0.1) is 17.9 Å². The molecular formula is C23H30O7. The number of phenols is 1. The number of phenolic OH excluding ortho intramolecular Hbond substituents is 1. The Morgan fingerprint density at radius 2 is 1.87 bits per heavy atom. The van der Waals surface area contributed by atoms with Crippen molar-refractivity contribution in [3.63, 3.8) is 0 Å². The molecule has 1 saturated carbocycles. The number of aliphatic hydroxyl groups is 1. The third-order valence-corrected chi connectivity index (χ3v) is 7.03. The molecule has 0 heterocycles. The minimum Gasteiger partial charge on any atom is -0.508 e. The van der Waals surface area contributed by atoms with Crippen LogP contribution < -0.4 is 0 Å². The van der Waals surface area contributed by atoms with Gasteiger partial charge in [-0.2, -0.15) is 0 Å². The standard InChI is InChI=1S/C23H30O7/c1-11(2)13-9-14-17(15(25)10-13)23(5)16(26)7-8-22(4,21(28)29-6)20(23)19(18(14)27)30-12(3)24/h9-11,18-20,25,27H,7-8H2,1-6H3/t18-,19+,20-,22+,23+/m0/s1. The smallest absolute Gasteiger partial charge is 0.312 e. The Balaban J connectivity index is 2.37. The lowest BCUT2D eigenvalue weighted by Gasteiger charge is -2.56. The van der Waals surface area contributed by atoms with E-state index < -0.39 is 40.9 Å². The molecule has 0 aliphatic heterocycles. The van der Waals surface area contributed by atoms with Gasteiger partial charge in [0.15, 0.2) is 0 Å². The Bertz CT molecular complexity index is 905. The minimum absolute atomic E-state index is 0.0634. The van der Waals surface area contributed by atoms with Crippen molar-refractivity contribution in [3.8, 4) is 5.75 Å². The Morgan fingerprint density at radius 3 is 2.40 bits per heavy atom. The third-order valence-electron chi connectivity index (χ3n) is 7.03. The van der Waals surface area contributed by atoms with Crippen LogP contribution in [0.3, 0.4) is 0 Å². The molecule has 1 aromatic rings. The number of Topliss-reactive ketones (excluding diaryl/α,β-unsaturated/α-hetero) is 1. The summed E-state index contributed by atoms with van der Waals surface area (Å²) in [7, 11) is 1.27. The van der Waals surface area contributed by atoms with E-state index in [9.17, 15) is 24.6 Å². The summed E-state index contributed by atoms with van der Waals surface area (Å²) in [5, 5.41) is 22.2. The number of hydrogen-bond acceptors (Lipinski definition) is 7. The first-order valence-electron chi connectivity index (χ1n) is 10.2. The van der Waals surface area contributed by atoms with E-state index in [2.05, 4.69) is 0 Å². The zero-order chi connectivity index (χ0) is 22.6. The molecule has 164 valence electrons. The first-order valence-corrected chi connectivity index (χ1v) is 10.2. The SMILES string of the molecule is COC(=O)[C@]1(C)CCC(=O)[C@]2(C)c3c(O)cc(C(C)C)cc3[C@H](O)[C@@H](OC(C)=O)[C@@H]12. The molecule has 5 atom stereocenters. The second-order valence-corrected chi connectivity index (χ2v) is 9.19. The molecule has 7 heteroatoms. The van der Waals surface area contributed by atoms with Crippen molar-refractivity contribution in [2.45, 2.75) is 71.0 Å². The van der Waals surface area contributed by atoms with Gasteiger partial charge < -0.3 is 19.7 Å². The molecule has 2 aliphatic carbocycles. The minimum atomic E-state index is -1.34. The van der Waals surface area contributed by atoms with Crippen molar-refractivity contribution in [1.82, 2.24) is 0 Å². The summed E-state index contributed by atoms with van der Waals surface area (Å²) >= 11 is 0. The number of hydrogen-bond donors (Lipinski definition) is 2. The van der Waals surface area contributed by atoms with Crippen LogP contribution in [0, 0.1) is 11.3 Å². The van der Waals surface area contributed by atoms with E-state index in [1.165, 1.54) is 14.0 Å². The van der Waals surface area contributed by atoms with Gasteiger partial charge in [0.2, 0.25) is 0 Å². The van der Waals surface area contributed by atoms with Crippen LogP contribution in [-0.2, 0) is 29.3 Å². The summed E-state index contributed by atoms with van der Waals surface area (Å²) in [4.78, 5) is 38.1. The van der Waals surface area contributed by atoms with Crippen LogP contribution in [0.1, 0.15) is 76.2 Å². The maximum Gasteiger partial charge on any atom is 0.312 e. The molecule has 7 nitrogen and oxygen atoms in total. The van der Waals surface area contributed by atoms with Gasteiger partial charge in [-0.05, 0) is 43.4 Å². The molecule has 2 aliphatic rings. The first-order chi connectivity index (χ1) is 13.9. The van der Waals surface area contributed by atoms with Crippen LogP contribution in [-0.4, -0.2) is 41.1 Å². The second-order valence-electron chi connectivity index (χ2n) is 9.19. The van der Waals surface area contributed by atoms with Crippen LogP contribution in [0.15, 0.2) is 12.1 Å². The monoisotopic (exact) mass is 418 g/mol. The molecule has 3 rings (SSSR count).